The number of hydrogen-bond acceptors (Lipinski definition) is 2. The molecule has 13 rings (SSSR count). The number of rotatable bonds is 5. The van der Waals surface area contributed by atoms with E-state index in [1.54, 1.807) is 0 Å². The summed E-state index contributed by atoms with van der Waals surface area (Å²) in [6.45, 7) is 0. The number of para-hydroxylation sites is 4. The van der Waals surface area contributed by atoms with E-state index in [-0.39, 0.29) is 0 Å². The summed E-state index contributed by atoms with van der Waals surface area (Å²) in [7, 11) is 0. The molecule has 3 heteroatoms. The average Bonchev–Trinajstić information content (AvgIpc) is 4.04. The van der Waals surface area contributed by atoms with Crippen LogP contribution in [0.15, 0.2) is 218 Å². The molecule has 0 fully saturated rings. The van der Waals surface area contributed by atoms with E-state index in [0.29, 0.717) is 0 Å². The quantitative estimate of drug-likeness (QED) is 0.169. The molecule has 2 heterocycles. The highest BCUT2D eigenvalue weighted by molar-refractivity contribution is 7.20. The van der Waals surface area contributed by atoms with Crippen molar-refractivity contribution in [1.29, 1.82) is 0 Å². The summed E-state index contributed by atoms with van der Waals surface area (Å²) in [5.74, 6) is 0. The van der Waals surface area contributed by atoms with Crippen molar-refractivity contribution in [3.05, 3.63) is 240 Å². The normalized spacial score (nSPS) is 14.7. The van der Waals surface area contributed by atoms with Gasteiger partial charge in [0, 0.05) is 53.9 Å². The maximum absolute atomic E-state index is 2.48. The topological polar surface area (TPSA) is 8.17 Å². The lowest BCUT2D eigenvalue weighted by molar-refractivity contribution is 0.810. The Morgan fingerprint density at radius 2 is 0.983 bits per heavy atom. The predicted octanol–water partition coefficient (Wildman–Crippen LogP) is 15.5. The zero-order chi connectivity index (χ0) is 39.4. The fraction of sp³-hybridized carbons (Fsp3) is 0.0175. The molecule has 2 aliphatic rings. The standard InChI is InChI=1S/C57H36N2S/c1-3-16-39(17-4-1)58(40-18-5-2-6-19-40)52-28-15-24-45-42-20-7-11-25-48(42)57(55(45)52)49-35-32-38(36-47(49)54-46-23-10-14-29-53(46)60-56(54)57)37-30-33-41(34-31-37)59-50-26-12-8-21-43(50)44-22-9-13-27-51(44)59/h1-36H. The molecule has 2 nitrogen and oxygen atoms in total. The molecule has 2 aliphatic carbocycles. The van der Waals surface area contributed by atoms with Crippen LogP contribution in [0, 0.1) is 0 Å². The number of hydrogen-bond donors (Lipinski definition) is 0. The van der Waals surface area contributed by atoms with E-state index in [0.717, 1.165) is 17.1 Å². The van der Waals surface area contributed by atoms with Crippen molar-refractivity contribution in [3.63, 3.8) is 0 Å². The fourth-order valence-electron chi connectivity index (χ4n) is 10.6. The maximum Gasteiger partial charge on any atom is 0.0839 e. The molecule has 0 amide bonds. The summed E-state index contributed by atoms with van der Waals surface area (Å²) >= 11 is 1.96. The van der Waals surface area contributed by atoms with Crippen LogP contribution in [0.4, 0.5) is 17.1 Å². The van der Waals surface area contributed by atoms with E-state index >= 15 is 0 Å². The number of fused-ring (bicyclic) bond motifs is 15. The zero-order valence-electron chi connectivity index (χ0n) is 32.6. The van der Waals surface area contributed by atoms with Gasteiger partial charge in [0.25, 0.3) is 0 Å². The van der Waals surface area contributed by atoms with Gasteiger partial charge in [0.1, 0.15) is 0 Å². The highest BCUT2D eigenvalue weighted by atomic mass is 32.1. The number of nitrogens with zero attached hydrogens (tertiary/aromatic N) is 2. The van der Waals surface area contributed by atoms with Gasteiger partial charge in [-0.2, -0.15) is 0 Å². The van der Waals surface area contributed by atoms with E-state index in [1.165, 1.54) is 92.5 Å². The Bertz CT molecular complexity index is 3390. The molecule has 11 aromatic rings. The van der Waals surface area contributed by atoms with E-state index in [9.17, 15) is 0 Å². The molecule has 0 bridgehead atoms. The first-order chi connectivity index (χ1) is 29.8. The molecule has 1 atom stereocenters. The summed E-state index contributed by atoms with van der Waals surface area (Å²) < 4.78 is 3.71. The van der Waals surface area contributed by atoms with Crippen molar-refractivity contribution < 1.29 is 0 Å². The van der Waals surface area contributed by atoms with Crippen molar-refractivity contribution in [1.82, 2.24) is 4.57 Å². The van der Waals surface area contributed by atoms with Gasteiger partial charge in [-0.1, -0.05) is 152 Å². The summed E-state index contributed by atoms with van der Waals surface area (Å²) in [4.78, 5) is 3.86. The van der Waals surface area contributed by atoms with Crippen LogP contribution in [0.2, 0.25) is 0 Å². The summed E-state index contributed by atoms with van der Waals surface area (Å²) in [5, 5.41) is 3.87. The second kappa shape index (κ2) is 12.8. The third-order valence-electron chi connectivity index (χ3n) is 13.0. The molecule has 9 aromatic carbocycles. The average molecular weight is 781 g/mol. The molecule has 0 saturated heterocycles. The zero-order valence-corrected chi connectivity index (χ0v) is 33.4. The van der Waals surface area contributed by atoms with E-state index in [2.05, 4.69) is 228 Å². The van der Waals surface area contributed by atoms with Gasteiger partial charge < -0.3 is 9.47 Å². The summed E-state index contributed by atoms with van der Waals surface area (Å²) in [6, 6.07) is 80.7. The molecule has 1 spiro atoms. The lowest BCUT2D eigenvalue weighted by Gasteiger charge is -2.35. The highest BCUT2D eigenvalue weighted by Crippen LogP contribution is 2.68. The van der Waals surface area contributed by atoms with Gasteiger partial charge in [0.2, 0.25) is 0 Å². The molecule has 1 unspecified atom stereocenters. The van der Waals surface area contributed by atoms with Crippen molar-refractivity contribution >= 4 is 60.3 Å². The highest BCUT2D eigenvalue weighted by Gasteiger charge is 2.55. The number of anilines is 3. The van der Waals surface area contributed by atoms with E-state index < -0.39 is 5.41 Å². The molecule has 60 heavy (non-hydrogen) atoms. The number of aromatic nitrogens is 1. The Kier molecular flexibility index (Phi) is 7.13. The Labute approximate surface area is 352 Å². The Balaban J connectivity index is 1.05. The second-order valence-corrected chi connectivity index (χ2v) is 17.0. The van der Waals surface area contributed by atoms with Gasteiger partial charge in [0.05, 0.1) is 22.1 Å². The summed E-state index contributed by atoms with van der Waals surface area (Å²) in [5.41, 5.74) is 18.3. The van der Waals surface area contributed by atoms with E-state index in [1.807, 2.05) is 11.3 Å². The molecular formula is C57H36N2S. The van der Waals surface area contributed by atoms with Crippen LogP contribution in [0.1, 0.15) is 21.6 Å². The van der Waals surface area contributed by atoms with Crippen molar-refractivity contribution in [2.24, 2.45) is 0 Å². The first-order valence-electron chi connectivity index (χ1n) is 20.7. The van der Waals surface area contributed by atoms with Crippen LogP contribution in [-0.4, -0.2) is 4.57 Å². The molecular weight excluding hydrogens is 745 g/mol. The second-order valence-electron chi connectivity index (χ2n) is 16.0. The van der Waals surface area contributed by atoms with Crippen molar-refractivity contribution in [3.8, 4) is 39.1 Å². The third kappa shape index (κ3) is 4.53. The van der Waals surface area contributed by atoms with Crippen LogP contribution in [0.25, 0.3) is 71.0 Å². The van der Waals surface area contributed by atoms with Crippen molar-refractivity contribution in [2.75, 3.05) is 4.90 Å². The lowest BCUT2D eigenvalue weighted by Crippen LogP contribution is -2.27. The molecule has 280 valence electrons. The van der Waals surface area contributed by atoms with Crippen molar-refractivity contribution in [2.45, 2.75) is 5.41 Å². The molecule has 0 saturated carbocycles. The van der Waals surface area contributed by atoms with Crippen LogP contribution in [0.5, 0.6) is 0 Å². The fourth-order valence-corrected chi connectivity index (χ4v) is 12.0. The van der Waals surface area contributed by atoms with Crippen LogP contribution < -0.4 is 4.90 Å². The first kappa shape index (κ1) is 33.5. The molecule has 0 aliphatic heterocycles. The van der Waals surface area contributed by atoms with Crippen LogP contribution in [0.3, 0.4) is 0 Å². The first-order valence-corrected chi connectivity index (χ1v) is 21.5. The van der Waals surface area contributed by atoms with Crippen LogP contribution >= 0.6 is 11.3 Å². The smallest absolute Gasteiger partial charge is 0.0839 e. The minimum absolute atomic E-state index is 0.516. The van der Waals surface area contributed by atoms with Gasteiger partial charge in [0.15, 0.2) is 0 Å². The SMILES string of the molecule is c1ccc(N(c2ccccc2)c2cccc3c2C2(c4ccccc4-3)c3ccc(-c4ccc(-n5c6ccccc6c6ccccc65)cc4)cc3-c3c2sc2ccccc32)cc1. The minimum Gasteiger partial charge on any atom is -0.310 e. The Hall–Kier alpha value is -7.46. The third-order valence-corrected chi connectivity index (χ3v) is 14.3. The predicted molar refractivity (Wildman–Crippen MR) is 253 cm³/mol. The Morgan fingerprint density at radius 3 is 1.70 bits per heavy atom. The lowest BCUT2D eigenvalue weighted by atomic mass is 9.73. The number of thiophene rings is 1. The minimum atomic E-state index is -0.516. The van der Waals surface area contributed by atoms with Gasteiger partial charge in [-0.15, -0.1) is 11.3 Å². The molecule has 0 radical (unpaired) electrons. The Morgan fingerprint density at radius 1 is 0.417 bits per heavy atom. The molecule has 2 aromatic heterocycles. The van der Waals surface area contributed by atoms with Gasteiger partial charge >= 0.3 is 0 Å². The van der Waals surface area contributed by atoms with Gasteiger partial charge in [-0.25, -0.2) is 0 Å². The van der Waals surface area contributed by atoms with Crippen LogP contribution in [-0.2, 0) is 5.41 Å². The largest absolute Gasteiger partial charge is 0.310 e. The monoisotopic (exact) mass is 780 g/mol. The van der Waals surface area contributed by atoms with Gasteiger partial charge in [-0.3, -0.25) is 0 Å². The van der Waals surface area contributed by atoms with Gasteiger partial charge in [-0.05, 0) is 106 Å². The number of benzene rings is 9. The summed E-state index contributed by atoms with van der Waals surface area (Å²) in [6.07, 6.45) is 0. The molecule has 0 N–H and O–H groups in total. The van der Waals surface area contributed by atoms with E-state index in [4.69, 9.17) is 0 Å². The maximum atomic E-state index is 2.48.